The minimum atomic E-state index is -1.18. The van der Waals surface area contributed by atoms with Crippen molar-refractivity contribution in [2.24, 2.45) is 5.92 Å². The lowest BCUT2D eigenvalue weighted by Crippen LogP contribution is -2.36. The van der Waals surface area contributed by atoms with Crippen LogP contribution in [0, 0.1) is 5.92 Å². The molecule has 28 heavy (non-hydrogen) atoms. The van der Waals surface area contributed by atoms with Crippen molar-refractivity contribution in [3.63, 3.8) is 0 Å². The van der Waals surface area contributed by atoms with Gasteiger partial charge in [0.05, 0.1) is 11.5 Å². The average Bonchev–Trinajstić information content (AvgIpc) is 2.58. The number of ketones is 1. The highest BCUT2D eigenvalue weighted by Crippen LogP contribution is 2.53. The Hall–Kier alpha value is -2.50. The van der Waals surface area contributed by atoms with Crippen molar-refractivity contribution in [2.75, 3.05) is 0 Å². The second-order valence-corrected chi connectivity index (χ2v) is 8.29. The van der Waals surface area contributed by atoms with Gasteiger partial charge in [0.15, 0.2) is 5.78 Å². The SMILES string of the molecule is CCC[C@H](CC(=O)[O-])c1c2c(c(O)c3c1O[C@@H](C)[C@@H](C)C3=O)C=CC(C)(C)O2. The van der Waals surface area contributed by atoms with Gasteiger partial charge in [-0.25, -0.2) is 0 Å². The van der Waals surface area contributed by atoms with Gasteiger partial charge in [-0.3, -0.25) is 4.79 Å². The lowest BCUT2D eigenvalue weighted by Gasteiger charge is -2.37. The highest BCUT2D eigenvalue weighted by molar-refractivity contribution is 6.06. The van der Waals surface area contributed by atoms with Crippen molar-refractivity contribution in [1.82, 2.24) is 0 Å². The van der Waals surface area contributed by atoms with Crippen molar-refractivity contribution in [2.45, 2.75) is 71.5 Å². The topological polar surface area (TPSA) is 95.9 Å². The number of aromatic hydroxyl groups is 1. The third kappa shape index (κ3) is 3.36. The number of hydrogen-bond acceptors (Lipinski definition) is 6. The zero-order chi connectivity index (χ0) is 20.8. The summed E-state index contributed by atoms with van der Waals surface area (Å²) in [6, 6.07) is 0. The fourth-order valence-electron chi connectivity index (χ4n) is 3.93. The largest absolute Gasteiger partial charge is 0.550 e. The summed E-state index contributed by atoms with van der Waals surface area (Å²) in [6.45, 7) is 9.26. The zero-order valence-corrected chi connectivity index (χ0v) is 17.0. The Labute approximate surface area is 165 Å². The number of carbonyl (C=O) groups is 2. The molecule has 6 heteroatoms. The van der Waals surface area contributed by atoms with E-state index >= 15 is 0 Å². The molecule has 6 nitrogen and oxygen atoms in total. The Morgan fingerprint density at radius 2 is 2.00 bits per heavy atom. The number of rotatable bonds is 5. The van der Waals surface area contributed by atoms with E-state index in [9.17, 15) is 19.8 Å². The van der Waals surface area contributed by atoms with Crippen LogP contribution >= 0.6 is 0 Å². The molecule has 1 aromatic carbocycles. The van der Waals surface area contributed by atoms with Crippen LogP contribution in [0.2, 0.25) is 0 Å². The first-order valence-electron chi connectivity index (χ1n) is 9.79. The van der Waals surface area contributed by atoms with Crippen molar-refractivity contribution < 1.29 is 29.3 Å². The molecule has 0 radical (unpaired) electrons. The molecule has 0 fully saturated rings. The molecular formula is C22H27O6-. The monoisotopic (exact) mass is 387 g/mol. The van der Waals surface area contributed by atoms with Gasteiger partial charge in [0, 0.05) is 11.5 Å². The van der Waals surface area contributed by atoms with Gasteiger partial charge in [0.1, 0.15) is 34.5 Å². The highest BCUT2D eigenvalue weighted by Gasteiger charge is 2.41. The third-order valence-corrected chi connectivity index (χ3v) is 5.60. The number of phenolic OH excluding ortho intramolecular Hbond substituents is 1. The summed E-state index contributed by atoms with van der Waals surface area (Å²) >= 11 is 0. The molecule has 0 bridgehead atoms. The molecule has 0 unspecified atom stereocenters. The Morgan fingerprint density at radius 1 is 1.32 bits per heavy atom. The third-order valence-electron chi connectivity index (χ3n) is 5.60. The minimum absolute atomic E-state index is 0.117. The van der Waals surface area contributed by atoms with Crippen molar-refractivity contribution in [1.29, 1.82) is 0 Å². The van der Waals surface area contributed by atoms with Gasteiger partial charge in [0.25, 0.3) is 0 Å². The summed E-state index contributed by atoms with van der Waals surface area (Å²) in [5.74, 6) is -1.79. The first-order chi connectivity index (χ1) is 13.1. The van der Waals surface area contributed by atoms with Crippen LogP contribution in [0.25, 0.3) is 6.08 Å². The van der Waals surface area contributed by atoms with Crippen LogP contribution < -0.4 is 14.6 Å². The van der Waals surface area contributed by atoms with Crippen LogP contribution in [0.1, 0.15) is 81.3 Å². The molecule has 2 heterocycles. The number of hydrogen-bond donors (Lipinski definition) is 1. The van der Waals surface area contributed by atoms with E-state index in [2.05, 4.69) is 0 Å². The predicted molar refractivity (Wildman–Crippen MR) is 103 cm³/mol. The Kier molecular flexibility index (Phi) is 5.17. The minimum Gasteiger partial charge on any atom is -0.550 e. The van der Waals surface area contributed by atoms with Crippen LogP contribution in [0.4, 0.5) is 0 Å². The fraction of sp³-hybridized carbons (Fsp3) is 0.545. The molecule has 3 atom stereocenters. The number of carboxylic acids is 1. The first kappa shape index (κ1) is 20.2. The molecule has 0 saturated carbocycles. The van der Waals surface area contributed by atoms with E-state index in [1.807, 2.05) is 20.8 Å². The van der Waals surface area contributed by atoms with E-state index in [4.69, 9.17) is 9.47 Å². The number of phenols is 1. The Balaban J connectivity index is 2.34. The van der Waals surface area contributed by atoms with Gasteiger partial charge in [0.2, 0.25) is 0 Å². The standard InChI is InChI=1S/C22H28O6/c1-6-7-13(10-15(23)24)16-20-14(8-9-22(4,5)28-20)19(26)17-18(25)11(2)12(3)27-21(16)17/h8-9,11-13,26H,6-7,10H2,1-5H3,(H,23,24)/p-1/t11-,12+,13-/m1/s1. The van der Waals surface area contributed by atoms with E-state index in [1.54, 1.807) is 26.0 Å². The van der Waals surface area contributed by atoms with Crippen LogP contribution in [0.5, 0.6) is 17.2 Å². The molecule has 0 amide bonds. The maximum Gasteiger partial charge on any atom is 0.176 e. The Morgan fingerprint density at radius 3 is 2.61 bits per heavy atom. The van der Waals surface area contributed by atoms with E-state index in [1.165, 1.54) is 0 Å². The molecule has 152 valence electrons. The van der Waals surface area contributed by atoms with E-state index in [0.29, 0.717) is 23.3 Å². The van der Waals surface area contributed by atoms with Gasteiger partial charge in [-0.1, -0.05) is 20.3 Å². The van der Waals surface area contributed by atoms with E-state index < -0.39 is 29.5 Å². The number of carboxylic acid groups (broad SMARTS) is 1. The Bertz CT molecular complexity index is 851. The fourth-order valence-corrected chi connectivity index (χ4v) is 3.93. The summed E-state index contributed by atoms with van der Waals surface area (Å²) in [4.78, 5) is 24.4. The van der Waals surface area contributed by atoms with Crippen molar-refractivity contribution in [3.05, 3.63) is 22.8 Å². The molecule has 1 aromatic rings. The summed E-state index contributed by atoms with van der Waals surface area (Å²) in [6.07, 6.45) is 4.23. The number of benzene rings is 1. The number of aliphatic carboxylic acids is 1. The summed E-state index contributed by atoms with van der Waals surface area (Å²) < 4.78 is 12.2. The average molecular weight is 387 g/mol. The first-order valence-corrected chi connectivity index (χ1v) is 9.79. The molecule has 2 aliphatic rings. The zero-order valence-electron chi connectivity index (χ0n) is 17.0. The van der Waals surface area contributed by atoms with Crippen LogP contribution in [0.3, 0.4) is 0 Å². The van der Waals surface area contributed by atoms with Gasteiger partial charge < -0.3 is 24.5 Å². The molecule has 0 saturated heterocycles. The number of ether oxygens (including phenoxy) is 2. The lowest BCUT2D eigenvalue weighted by molar-refractivity contribution is -0.306. The number of Topliss-reactive ketones (excluding diaryl/α,β-unsaturated/α-hetero) is 1. The van der Waals surface area contributed by atoms with Gasteiger partial charge in [-0.2, -0.15) is 0 Å². The highest BCUT2D eigenvalue weighted by atomic mass is 16.5. The second kappa shape index (κ2) is 7.15. The summed E-state index contributed by atoms with van der Waals surface area (Å²) in [5, 5.41) is 22.3. The second-order valence-electron chi connectivity index (χ2n) is 8.29. The maximum absolute atomic E-state index is 13.0. The van der Waals surface area contributed by atoms with Gasteiger partial charge in [-0.05, 0) is 51.7 Å². The van der Waals surface area contributed by atoms with Crippen LogP contribution in [-0.2, 0) is 4.79 Å². The molecule has 0 aliphatic carbocycles. The van der Waals surface area contributed by atoms with Crippen molar-refractivity contribution >= 4 is 17.8 Å². The van der Waals surface area contributed by atoms with E-state index in [-0.39, 0.29) is 29.3 Å². The van der Waals surface area contributed by atoms with Crippen LogP contribution in [-0.4, -0.2) is 28.6 Å². The van der Waals surface area contributed by atoms with Crippen LogP contribution in [0.15, 0.2) is 6.08 Å². The normalized spacial score (nSPS) is 23.2. The quantitative estimate of drug-likeness (QED) is 0.833. The number of fused-ring (bicyclic) bond motifs is 2. The molecule has 2 aliphatic heterocycles. The summed E-state index contributed by atoms with van der Waals surface area (Å²) in [5.41, 5.74) is 0.412. The number of carbonyl (C=O) groups excluding carboxylic acids is 2. The van der Waals surface area contributed by atoms with Crippen molar-refractivity contribution in [3.8, 4) is 17.2 Å². The molecule has 0 spiro atoms. The predicted octanol–water partition coefficient (Wildman–Crippen LogP) is 3.20. The molecule has 0 aromatic heterocycles. The van der Waals surface area contributed by atoms with Gasteiger partial charge in [-0.15, -0.1) is 0 Å². The lowest BCUT2D eigenvalue weighted by atomic mass is 9.81. The molecule has 3 rings (SSSR count). The van der Waals surface area contributed by atoms with Gasteiger partial charge >= 0.3 is 0 Å². The smallest absolute Gasteiger partial charge is 0.176 e. The van der Waals surface area contributed by atoms with E-state index in [0.717, 1.165) is 6.42 Å². The molecular weight excluding hydrogens is 360 g/mol. The maximum atomic E-state index is 13.0. The summed E-state index contributed by atoms with van der Waals surface area (Å²) in [7, 11) is 0. The molecule has 1 N–H and O–H groups in total.